The van der Waals surface area contributed by atoms with Crippen molar-refractivity contribution in [1.82, 2.24) is 0 Å². The van der Waals surface area contributed by atoms with E-state index in [1.807, 2.05) is 0 Å². The molecule has 0 bridgehead atoms. The molecule has 1 heterocycles. The third-order valence-corrected chi connectivity index (χ3v) is 2.19. The lowest BCUT2D eigenvalue weighted by molar-refractivity contribution is -0.619. The molecule has 0 atom stereocenters. The van der Waals surface area contributed by atoms with Crippen molar-refractivity contribution in [3.05, 3.63) is 39.8 Å². The van der Waals surface area contributed by atoms with Crippen LogP contribution in [-0.4, -0.2) is 13.1 Å². The Bertz CT molecular complexity index is 390. The van der Waals surface area contributed by atoms with Crippen molar-refractivity contribution in [2.24, 2.45) is 0 Å². The number of carbonyl (C=O) groups is 1. The van der Waals surface area contributed by atoms with Crippen LogP contribution in [0.1, 0.15) is 16.1 Å². The molecule has 0 fully saturated rings. The molecule has 4 nitrogen and oxygen atoms in total. The molecule has 14 heavy (non-hydrogen) atoms. The van der Waals surface area contributed by atoms with Crippen LogP contribution >= 0.6 is 15.9 Å². The van der Waals surface area contributed by atoms with Crippen LogP contribution in [0.4, 0.5) is 0 Å². The average molecular weight is 258 g/mol. The van der Waals surface area contributed by atoms with Crippen LogP contribution in [0.15, 0.2) is 23.3 Å². The van der Waals surface area contributed by atoms with Gasteiger partial charge in [0.1, 0.15) is 0 Å². The number of carbonyl (C=O) groups excluding carboxylic acids is 1. The van der Waals surface area contributed by atoms with E-state index in [0.717, 1.165) is 0 Å². The maximum Gasteiger partial charge on any atom is 0.338 e. The maximum absolute atomic E-state index is 11.3. The van der Waals surface area contributed by atoms with E-state index >= 15 is 0 Å². The molecule has 1 aromatic heterocycles. The van der Waals surface area contributed by atoms with Crippen LogP contribution in [0.3, 0.4) is 0 Å². The molecule has 0 aliphatic carbocycles. The molecule has 0 saturated carbocycles. The summed E-state index contributed by atoms with van der Waals surface area (Å²) in [6.45, 7) is 3.47. The molecule has 74 valence electrons. The van der Waals surface area contributed by atoms with E-state index in [2.05, 4.69) is 27.2 Å². The quantitative estimate of drug-likeness (QED) is 0.349. The summed E-state index contributed by atoms with van der Waals surface area (Å²) in [6, 6.07) is 2.81. The van der Waals surface area contributed by atoms with Crippen molar-refractivity contribution in [3.8, 4) is 0 Å². The molecule has 0 radical (unpaired) electrons. The highest BCUT2D eigenvalue weighted by atomic mass is 79.9. The van der Waals surface area contributed by atoms with Crippen LogP contribution < -0.4 is 4.73 Å². The molecule has 0 spiro atoms. The summed E-state index contributed by atoms with van der Waals surface area (Å²) >= 11 is 3.03. The first-order valence-electron chi connectivity index (χ1n) is 3.74. The number of ether oxygens (including phenoxy) is 1. The molecule has 5 heteroatoms. The third-order valence-electron chi connectivity index (χ3n) is 1.64. The van der Waals surface area contributed by atoms with Crippen LogP contribution in [0.25, 0.3) is 6.08 Å². The number of esters is 1. The van der Waals surface area contributed by atoms with Crippen molar-refractivity contribution in [1.29, 1.82) is 0 Å². The van der Waals surface area contributed by atoms with Crippen LogP contribution in [-0.2, 0) is 4.74 Å². The number of hydrogen-bond acceptors (Lipinski definition) is 3. The fraction of sp³-hybridized carbons (Fsp3) is 0.111. The number of aromatic nitrogens is 1. The predicted molar refractivity (Wildman–Crippen MR) is 54.5 cm³/mol. The van der Waals surface area contributed by atoms with Gasteiger partial charge in [0.2, 0.25) is 5.69 Å². The summed E-state index contributed by atoms with van der Waals surface area (Å²) in [7, 11) is 1.28. The summed E-state index contributed by atoms with van der Waals surface area (Å²) < 4.78 is 5.40. The second-order valence-electron chi connectivity index (χ2n) is 2.48. The third kappa shape index (κ3) is 1.93. The van der Waals surface area contributed by atoms with Gasteiger partial charge in [0.25, 0.3) is 4.60 Å². The zero-order chi connectivity index (χ0) is 10.7. The monoisotopic (exact) mass is 257 g/mol. The molecular weight excluding hydrogens is 250 g/mol. The first kappa shape index (κ1) is 10.7. The minimum Gasteiger partial charge on any atom is -0.617 e. The summed E-state index contributed by atoms with van der Waals surface area (Å²) in [4.78, 5) is 11.2. The summed E-state index contributed by atoms with van der Waals surface area (Å²) in [6.07, 6.45) is 1.37. The fourth-order valence-electron chi connectivity index (χ4n) is 0.947. The number of halogens is 1. The van der Waals surface area contributed by atoms with E-state index in [1.165, 1.54) is 25.3 Å². The van der Waals surface area contributed by atoms with E-state index in [1.54, 1.807) is 0 Å². The Morgan fingerprint density at radius 2 is 2.36 bits per heavy atom. The number of methoxy groups -OCH3 is 1. The first-order chi connectivity index (χ1) is 6.60. The van der Waals surface area contributed by atoms with E-state index in [-0.39, 0.29) is 4.60 Å². The van der Waals surface area contributed by atoms with Gasteiger partial charge < -0.3 is 9.94 Å². The lowest BCUT2D eigenvalue weighted by atomic mass is 10.2. The molecule has 0 aromatic carbocycles. The number of rotatable bonds is 2. The van der Waals surface area contributed by atoms with Crippen molar-refractivity contribution in [2.75, 3.05) is 7.11 Å². The number of hydrogen-bond donors (Lipinski definition) is 0. The van der Waals surface area contributed by atoms with Gasteiger partial charge in [0.15, 0.2) is 0 Å². The summed E-state index contributed by atoms with van der Waals surface area (Å²) in [5, 5.41) is 11.3. The van der Waals surface area contributed by atoms with Gasteiger partial charge in [-0.15, -0.1) is 0 Å². The Labute approximate surface area is 89.5 Å². The lowest BCUT2D eigenvalue weighted by Crippen LogP contribution is -2.32. The van der Waals surface area contributed by atoms with Gasteiger partial charge in [0.05, 0.1) is 12.7 Å². The fourth-order valence-corrected chi connectivity index (χ4v) is 1.40. The van der Waals surface area contributed by atoms with Gasteiger partial charge in [0, 0.05) is 34.1 Å². The van der Waals surface area contributed by atoms with Gasteiger partial charge >= 0.3 is 5.97 Å². The van der Waals surface area contributed by atoms with Crippen molar-refractivity contribution < 1.29 is 14.3 Å². The largest absolute Gasteiger partial charge is 0.617 e. The van der Waals surface area contributed by atoms with E-state index in [9.17, 15) is 10.0 Å². The molecule has 0 aliphatic rings. The Kier molecular flexibility index (Phi) is 3.24. The lowest BCUT2D eigenvalue weighted by Gasteiger charge is -2.04. The van der Waals surface area contributed by atoms with Crippen molar-refractivity contribution in [3.63, 3.8) is 0 Å². The predicted octanol–water partition coefficient (Wildman–Crippen LogP) is 1.51. The smallest absolute Gasteiger partial charge is 0.338 e. The minimum absolute atomic E-state index is 0.246. The van der Waals surface area contributed by atoms with Gasteiger partial charge in [-0.25, -0.2) is 4.79 Å². The Hall–Kier alpha value is -1.36. The molecule has 0 unspecified atom stereocenters. The summed E-state index contributed by atoms with van der Waals surface area (Å²) in [5.41, 5.74) is 0.598. The average Bonchev–Trinajstić information content (AvgIpc) is 2.20. The molecule has 0 N–H and O–H groups in total. The molecule has 0 amide bonds. The highest BCUT2D eigenvalue weighted by molar-refractivity contribution is 9.10. The first-order valence-corrected chi connectivity index (χ1v) is 4.53. The molecule has 1 rings (SSSR count). The van der Waals surface area contributed by atoms with Crippen LogP contribution in [0.5, 0.6) is 0 Å². The molecular formula is C9H8BrNO3. The zero-order valence-electron chi connectivity index (χ0n) is 7.49. The molecule has 1 aromatic rings. The normalized spacial score (nSPS) is 9.57. The highest BCUT2D eigenvalue weighted by Gasteiger charge is 2.14. The van der Waals surface area contributed by atoms with Gasteiger partial charge in [-0.3, -0.25) is 0 Å². The van der Waals surface area contributed by atoms with E-state index in [0.29, 0.717) is 16.0 Å². The number of nitrogens with zero attached hydrogens (tertiary/aromatic N) is 1. The van der Waals surface area contributed by atoms with E-state index < -0.39 is 5.97 Å². The zero-order valence-corrected chi connectivity index (χ0v) is 9.08. The Morgan fingerprint density at radius 3 is 2.86 bits per heavy atom. The van der Waals surface area contributed by atoms with Crippen molar-refractivity contribution in [2.45, 2.75) is 0 Å². The van der Waals surface area contributed by atoms with Crippen LogP contribution in [0, 0.1) is 5.21 Å². The standard InChI is InChI=1S/C9H8BrNO3/c1-3-7-4-6(9(12)14-2)5-8(10)11(7)13/h3-5H,1H2,2H3. The van der Waals surface area contributed by atoms with Gasteiger partial charge in [-0.05, 0) is 0 Å². The second kappa shape index (κ2) is 4.23. The highest BCUT2D eigenvalue weighted by Crippen LogP contribution is 2.11. The van der Waals surface area contributed by atoms with Crippen LogP contribution in [0.2, 0.25) is 0 Å². The Balaban J connectivity index is 3.29. The molecule has 0 saturated heterocycles. The molecule has 0 aliphatic heterocycles. The second-order valence-corrected chi connectivity index (χ2v) is 3.29. The topological polar surface area (TPSA) is 53.2 Å². The van der Waals surface area contributed by atoms with Gasteiger partial charge in [-0.2, -0.15) is 4.73 Å². The van der Waals surface area contributed by atoms with Crippen molar-refractivity contribution >= 4 is 28.0 Å². The SMILES string of the molecule is C=Cc1cc(C(=O)OC)cc(Br)[n+]1[O-]. The Morgan fingerprint density at radius 1 is 1.71 bits per heavy atom. The maximum atomic E-state index is 11.3. The summed E-state index contributed by atoms with van der Waals surface area (Å²) in [5.74, 6) is -0.491. The van der Waals surface area contributed by atoms with Gasteiger partial charge in [-0.1, -0.05) is 6.58 Å². The number of pyridine rings is 1. The minimum atomic E-state index is -0.491. The van der Waals surface area contributed by atoms with E-state index in [4.69, 9.17) is 0 Å².